The van der Waals surface area contributed by atoms with E-state index in [0.717, 1.165) is 6.67 Å². The van der Waals surface area contributed by atoms with E-state index in [1.165, 1.54) is 82.9 Å². The number of nitrogens with zero attached hydrogens (tertiary/aromatic N) is 4. The smallest absolute Gasteiger partial charge is 0.249 e. The predicted octanol–water partition coefficient (Wildman–Crippen LogP) is 4.80. The zero-order chi connectivity index (χ0) is 18.6. The van der Waals surface area contributed by atoms with Crippen molar-refractivity contribution in [2.45, 2.75) is 71.1 Å². The van der Waals surface area contributed by atoms with Crippen molar-refractivity contribution >= 4 is 24.3 Å². The molecule has 0 aromatic heterocycles. The Balaban J connectivity index is 0.000000697. The van der Waals surface area contributed by atoms with Crippen LogP contribution in [0.2, 0.25) is 0 Å². The van der Waals surface area contributed by atoms with Gasteiger partial charge in [0, 0.05) is 26.0 Å². The Labute approximate surface area is 156 Å². The van der Waals surface area contributed by atoms with E-state index < -0.39 is 0 Å². The van der Waals surface area contributed by atoms with Crippen molar-refractivity contribution in [1.82, 2.24) is 9.80 Å². The second-order valence-corrected chi connectivity index (χ2v) is 6.67. The second kappa shape index (κ2) is 18.8. The molecule has 0 aromatic rings. The van der Waals surface area contributed by atoms with E-state index in [2.05, 4.69) is 45.0 Å². The molecular weight excluding hydrogens is 336 g/mol. The van der Waals surface area contributed by atoms with E-state index in [0.29, 0.717) is 12.1 Å². The highest BCUT2D eigenvalue weighted by atomic mass is 32.2. The zero-order valence-corrected chi connectivity index (χ0v) is 16.5. The van der Waals surface area contributed by atoms with Crippen molar-refractivity contribution in [3.8, 4) is 0 Å². The number of hydrogen-bond donors (Lipinski definition) is 0. The summed E-state index contributed by atoms with van der Waals surface area (Å²) >= 11 is 0.456. The molecule has 1 heterocycles. The molecule has 1 aliphatic rings. The zero-order valence-electron chi connectivity index (χ0n) is 15.7. The molecule has 6 nitrogen and oxygen atoms in total. The molecule has 0 saturated heterocycles. The Hall–Kier alpha value is -1.55. The quantitative estimate of drug-likeness (QED) is 0.202. The summed E-state index contributed by atoms with van der Waals surface area (Å²) in [5.74, 6) is 0. The molecule has 0 radical (unpaired) electrons. The van der Waals surface area contributed by atoms with Crippen molar-refractivity contribution in [3.63, 3.8) is 0 Å². The van der Waals surface area contributed by atoms with Gasteiger partial charge in [0.1, 0.15) is 12.1 Å². The lowest BCUT2D eigenvalue weighted by Crippen LogP contribution is -2.23. The third-order valence-electron chi connectivity index (χ3n) is 3.89. The molecule has 0 N–H and O–H groups in total. The molecule has 25 heavy (non-hydrogen) atoms. The highest BCUT2D eigenvalue weighted by molar-refractivity contribution is 7.96. The molecule has 0 aliphatic carbocycles. The maximum atomic E-state index is 9.18. The van der Waals surface area contributed by atoms with Crippen molar-refractivity contribution in [1.29, 1.82) is 0 Å². The Morgan fingerprint density at radius 1 is 0.880 bits per heavy atom. The molecule has 0 saturated carbocycles. The van der Waals surface area contributed by atoms with Crippen LogP contribution >= 0.6 is 12.1 Å². The van der Waals surface area contributed by atoms with Crippen LogP contribution in [0.1, 0.15) is 71.1 Å². The summed E-state index contributed by atoms with van der Waals surface area (Å²) in [5.41, 5.74) is 0. The van der Waals surface area contributed by atoms with Gasteiger partial charge in [0.2, 0.25) is 12.2 Å². The molecule has 0 spiro atoms. The van der Waals surface area contributed by atoms with Crippen LogP contribution in [-0.2, 0) is 9.59 Å². The molecule has 142 valence electrons. The van der Waals surface area contributed by atoms with Gasteiger partial charge in [-0.1, -0.05) is 64.7 Å². The summed E-state index contributed by atoms with van der Waals surface area (Å²) in [7, 11) is 2.13. The molecule has 1 rings (SSSR count). The largest absolute Gasteiger partial charge is 0.362 e. The molecule has 1 aliphatic heterocycles. The topological polar surface area (TPSA) is 65.3 Å². The average molecular weight is 369 g/mol. The lowest BCUT2D eigenvalue weighted by molar-refractivity contribution is 0.290. The standard InChI is InChI=1S/C16H32N2.C2N2O2S/c1-3-4-5-6-7-8-9-10-11-12-13-18-15-14-17(2)16-18;5-1-3-7-4-2-6/h14-15H,3-13,16H2,1-2H3;. The molecule has 0 atom stereocenters. The van der Waals surface area contributed by atoms with Gasteiger partial charge >= 0.3 is 0 Å². The summed E-state index contributed by atoms with van der Waals surface area (Å²) in [6, 6.07) is 0. The van der Waals surface area contributed by atoms with Gasteiger partial charge in [-0.15, -0.1) is 8.80 Å². The first kappa shape index (κ1) is 23.4. The van der Waals surface area contributed by atoms with E-state index in [-0.39, 0.29) is 0 Å². The van der Waals surface area contributed by atoms with E-state index in [1.54, 1.807) is 0 Å². The highest BCUT2D eigenvalue weighted by Gasteiger charge is 2.06. The van der Waals surface area contributed by atoms with Crippen molar-refractivity contribution in [2.75, 3.05) is 20.3 Å². The third kappa shape index (κ3) is 17.1. The SMILES string of the molecule is CCCCCCCCCCCCN1C=CN(C)C1.O=C=NSN=C=O. The van der Waals surface area contributed by atoms with Crippen molar-refractivity contribution in [2.24, 2.45) is 8.80 Å². The minimum atomic E-state index is 0.456. The summed E-state index contributed by atoms with van der Waals surface area (Å²) in [6.07, 6.45) is 21.0. The van der Waals surface area contributed by atoms with Crippen LogP contribution in [0.25, 0.3) is 0 Å². The molecule has 0 amide bonds. The number of hydrogen-bond acceptors (Lipinski definition) is 7. The van der Waals surface area contributed by atoms with Crippen LogP contribution in [0.15, 0.2) is 21.2 Å². The van der Waals surface area contributed by atoms with Crippen molar-refractivity contribution in [3.05, 3.63) is 12.4 Å². The average Bonchev–Trinajstić information content (AvgIpc) is 3.03. The van der Waals surface area contributed by atoms with Crippen LogP contribution in [0, 0.1) is 0 Å². The van der Waals surface area contributed by atoms with Gasteiger partial charge in [-0.25, -0.2) is 9.59 Å². The fourth-order valence-corrected chi connectivity index (χ4v) is 2.70. The molecule has 7 heteroatoms. The second-order valence-electron chi connectivity index (χ2n) is 6.14. The van der Waals surface area contributed by atoms with Crippen LogP contribution in [0.3, 0.4) is 0 Å². The number of rotatable bonds is 13. The number of carbonyl (C=O) groups excluding carboxylic acids is 2. The summed E-state index contributed by atoms with van der Waals surface area (Å²) < 4.78 is 5.69. The molecule has 0 unspecified atom stereocenters. The van der Waals surface area contributed by atoms with E-state index in [9.17, 15) is 9.59 Å². The Bertz CT molecular complexity index is 417. The lowest BCUT2D eigenvalue weighted by atomic mass is 10.1. The van der Waals surface area contributed by atoms with Gasteiger partial charge in [0.25, 0.3) is 0 Å². The first-order chi connectivity index (χ1) is 12.2. The number of unbranched alkanes of at least 4 members (excludes halogenated alkanes) is 9. The fraction of sp³-hybridized carbons (Fsp3) is 0.778. The Morgan fingerprint density at radius 3 is 1.84 bits per heavy atom. The lowest BCUT2D eigenvalue weighted by Gasteiger charge is -2.17. The van der Waals surface area contributed by atoms with Gasteiger partial charge < -0.3 is 9.80 Å². The Morgan fingerprint density at radius 2 is 1.40 bits per heavy atom. The Kier molecular flexibility index (Phi) is 17.6. The van der Waals surface area contributed by atoms with Gasteiger partial charge in [-0.3, -0.25) is 0 Å². The van der Waals surface area contributed by atoms with Crippen LogP contribution in [0.4, 0.5) is 0 Å². The highest BCUT2D eigenvalue weighted by Crippen LogP contribution is 2.11. The molecule has 0 aromatic carbocycles. The van der Waals surface area contributed by atoms with Crippen LogP contribution in [0.5, 0.6) is 0 Å². The van der Waals surface area contributed by atoms with Gasteiger partial charge in [0.05, 0.1) is 6.67 Å². The fourth-order valence-electron chi connectivity index (χ4n) is 2.59. The molecular formula is C18H32N4O2S. The molecule has 0 bridgehead atoms. The molecule has 0 fully saturated rings. The van der Waals surface area contributed by atoms with E-state index in [4.69, 9.17) is 0 Å². The van der Waals surface area contributed by atoms with Crippen LogP contribution in [-0.4, -0.2) is 42.2 Å². The minimum Gasteiger partial charge on any atom is -0.362 e. The summed E-state index contributed by atoms with van der Waals surface area (Å²) in [6.45, 7) is 4.60. The predicted molar refractivity (Wildman–Crippen MR) is 104 cm³/mol. The number of isocyanates is 2. The van der Waals surface area contributed by atoms with Gasteiger partial charge in [0.15, 0.2) is 0 Å². The van der Waals surface area contributed by atoms with E-state index >= 15 is 0 Å². The maximum Gasteiger partial charge on any atom is 0.249 e. The van der Waals surface area contributed by atoms with E-state index in [1.807, 2.05) is 0 Å². The first-order valence-corrected chi connectivity index (χ1v) is 9.90. The summed E-state index contributed by atoms with van der Waals surface area (Å²) in [5, 5.41) is 0. The first-order valence-electron chi connectivity index (χ1n) is 9.17. The third-order valence-corrected chi connectivity index (χ3v) is 4.20. The van der Waals surface area contributed by atoms with Crippen molar-refractivity contribution < 1.29 is 9.59 Å². The normalized spacial score (nSPS) is 12.2. The minimum absolute atomic E-state index is 0.456. The van der Waals surface area contributed by atoms with Gasteiger partial charge in [-0.2, -0.15) is 0 Å². The summed E-state index contributed by atoms with van der Waals surface area (Å²) in [4.78, 5) is 23.0. The van der Waals surface area contributed by atoms with Crippen LogP contribution < -0.4 is 0 Å². The van der Waals surface area contributed by atoms with Gasteiger partial charge in [-0.05, 0) is 6.42 Å². The maximum absolute atomic E-state index is 9.18. The monoisotopic (exact) mass is 368 g/mol.